The zero-order valence-corrected chi connectivity index (χ0v) is 17.5. The van der Waals surface area contributed by atoms with E-state index >= 15 is 0 Å². The third-order valence-electron chi connectivity index (χ3n) is 4.70. The largest absolute Gasteiger partial charge is 0.493 e. The maximum Gasteiger partial charge on any atom is 0.337 e. The van der Waals surface area contributed by atoms with Crippen LogP contribution in [0.5, 0.6) is 5.75 Å². The van der Waals surface area contributed by atoms with Crippen molar-refractivity contribution in [2.75, 3.05) is 14.2 Å². The highest BCUT2D eigenvalue weighted by Gasteiger charge is 2.15. The third-order valence-corrected chi connectivity index (χ3v) is 4.70. The van der Waals surface area contributed by atoms with E-state index in [2.05, 4.69) is 10.3 Å². The van der Waals surface area contributed by atoms with Gasteiger partial charge in [0.2, 0.25) is 5.55 Å². The van der Waals surface area contributed by atoms with E-state index < -0.39 is 11.9 Å². The van der Waals surface area contributed by atoms with Crippen molar-refractivity contribution in [1.82, 2.24) is 5.32 Å². The lowest BCUT2D eigenvalue weighted by atomic mass is 10.1. The Morgan fingerprint density at radius 1 is 1.03 bits per heavy atom. The molecule has 1 amide bonds. The molecule has 0 aliphatic heterocycles. The molecule has 32 heavy (non-hydrogen) atoms. The number of nitrogens with one attached hydrogen (secondary N) is 1. The van der Waals surface area contributed by atoms with Gasteiger partial charge in [0.15, 0.2) is 11.3 Å². The Morgan fingerprint density at radius 2 is 1.88 bits per heavy atom. The zero-order chi connectivity index (χ0) is 22.5. The van der Waals surface area contributed by atoms with Crippen molar-refractivity contribution in [3.8, 4) is 5.75 Å². The molecule has 0 bridgehead atoms. The van der Waals surface area contributed by atoms with Crippen LogP contribution in [0, 0.1) is 0 Å². The molecular formula is C24H20N2O6. The quantitative estimate of drug-likeness (QED) is 0.462. The molecule has 0 fully saturated rings. The summed E-state index contributed by atoms with van der Waals surface area (Å²) in [6, 6.07) is 17.1. The van der Waals surface area contributed by atoms with Crippen molar-refractivity contribution in [3.63, 3.8) is 0 Å². The average molecular weight is 432 g/mol. The summed E-state index contributed by atoms with van der Waals surface area (Å²) >= 11 is 0. The first kappa shape index (κ1) is 20.9. The molecule has 0 aliphatic carbocycles. The molecule has 8 heteroatoms. The van der Waals surface area contributed by atoms with Crippen LogP contribution in [-0.4, -0.2) is 26.1 Å². The Kier molecular flexibility index (Phi) is 6.03. The van der Waals surface area contributed by atoms with Gasteiger partial charge in [-0.3, -0.25) is 4.79 Å². The Hall–Kier alpha value is -4.33. The number of para-hydroxylation sites is 1. The molecular weight excluding hydrogens is 412 g/mol. The molecule has 0 saturated heterocycles. The number of benzene rings is 2. The molecule has 8 nitrogen and oxygen atoms in total. The Labute approximate surface area is 183 Å². The van der Waals surface area contributed by atoms with E-state index in [1.807, 2.05) is 6.07 Å². The number of ether oxygens (including phenoxy) is 2. The van der Waals surface area contributed by atoms with Crippen molar-refractivity contribution in [2.45, 2.75) is 6.54 Å². The lowest BCUT2D eigenvalue weighted by Crippen LogP contribution is -2.28. The van der Waals surface area contributed by atoms with Gasteiger partial charge in [-0.1, -0.05) is 18.2 Å². The molecule has 0 radical (unpaired) electrons. The highest BCUT2D eigenvalue weighted by atomic mass is 16.5. The number of methoxy groups -OCH3 is 2. The fourth-order valence-electron chi connectivity index (χ4n) is 3.14. The maximum absolute atomic E-state index is 13.0. The molecule has 4 rings (SSSR count). The number of fused-ring (bicyclic) bond motifs is 1. The van der Waals surface area contributed by atoms with Crippen molar-refractivity contribution in [2.24, 2.45) is 4.99 Å². The molecule has 162 valence electrons. The normalized spacial score (nSPS) is 11.4. The van der Waals surface area contributed by atoms with E-state index in [0.29, 0.717) is 33.7 Å². The number of carbonyl (C=O) groups is 2. The summed E-state index contributed by atoms with van der Waals surface area (Å²) in [7, 11) is 2.84. The Morgan fingerprint density at radius 3 is 2.62 bits per heavy atom. The summed E-state index contributed by atoms with van der Waals surface area (Å²) in [6.07, 6.45) is 1.54. The van der Waals surface area contributed by atoms with Gasteiger partial charge in [-0.15, -0.1) is 0 Å². The van der Waals surface area contributed by atoms with E-state index in [1.54, 1.807) is 54.6 Å². The molecule has 2 aromatic carbocycles. The van der Waals surface area contributed by atoms with Gasteiger partial charge in [0, 0.05) is 5.39 Å². The van der Waals surface area contributed by atoms with Crippen molar-refractivity contribution < 1.29 is 27.9 Å². The summed E-state index contributed by atoms with van der Waals surface area (Å²) in [5.74, 6) is 0.236. The standard InChI is InChI=1S/C24H20N2O6/c1-29-20-10-4-6-15-13-19(22(27)25-14-18-9-5-11-31-18)23(32-21(15)20)26-17-8-3-7-16(12-17)24(28)30-2/h3-13H,14H2,1-2H3,(H,25,27). The van der Waals surface area contributed by atoms with Crippen LogP contribution >= 0.6 is 0 Å². The van der Waals surface area contributed by atoms with Crippen LogP contribution in [0.2, 0.25) is 0 Å². The summed E-state index contributed by atoms with van der Waals surface area (Å²) in [5, 5.41) is 3.48. The van der Waals surface area contributed by atoms with Gasteiger partial charge in [0.05, 0.1) is 38.3 Å². The molecule has 2 aromatic heterocycles. The number of carbonyl (C=O) groups excluding carboxylic acids is 2. The van der Waals surface area contributed by atoms with Crippen molar-refractivity contribution in [1.29, 1.82) is 0 Å². The number of hydrogen-bond donors (Lipinski definition) is 1. The fourth-order valence-corrected chi connectivity index (χ4v) is 3.14. The average Bonchev–Trinajstić information content (AvgIpc) is 3.35. The van der Waals surface area contributed by atoms with Crippen LogP contribution in [-0.2, 0) is 11.3 Å². The number of amides is 1. The first-order valence-corrected chi connectivity index (χ1v) is 9.73. The molecule has 2 heterocycles. The van der Waals surface area contributed by atoms with Gasteiger partial charge in [0.25, 0.3) is 5.91 Å². The molecule has 1 N–H and O–H groups in total. The minimum absolute atomic E-state index is 0.0703. The van der Waals surface area contributed by atoms with Crippen LogP contribution in [0.1, 0.15) is 26.5 Å². The van der Waals surface area contributed by atoms with E-state index in [0.717, 1.165) is 0 Å². The second-order valence-corrected chi connectivity index (χ2v) is 6.76. The highest BCUT2D eigenvalue weighted by molar-refractivity contribution is 5.97. The van der Waals surface area contributed by atoms with E-state index in [9.17, 15) is 9.59 Å². The van der Waals surface area contributed by atoms with Crippen LogP contribution in [0.15, 0.2) is 80.8 Å². The molecule has 0 atom stereocenters. The lowest BCUT2D eigenvalue weighted by Gasteiger charge is -2.08. The predicted octanol–water partition coefficient (Wildman–Crippen LogP) is 3.98. The smallest absolute Gasteiger partial charge is 0.337 e. The summed E-state index contributed by atoms with van der Waals surface area (Å²) in [6.45, 7) is 0.208. The number of furan rings is 1. The molecule has 0 saturated carbocycles. The van der Waals surface area contributed by atoms with Gasteiger partial charge in [0.1, 0.15) is 11.3 Å². The van der Waals surface area contributed by atoms with E-state index in [-0.39, 0.29) is 17.7 Å². The minimum Gasteiger partial charge on any atom is -0.493 e. The maximum atomic E-state index is 13.0. The number of nitrogens with zero attached hydrogens (tertiary/aromatic N) is 1. The van der Waals surface area contributed by atoms with E-state index in [4.69, 9.17) is 18.3 Å². The van der Waals surface area contributed by atoms with Gasteiger partial charge in [-0.25, -0.2) is 9.79 Å². The lowest BCUT2D eigenvalue weighted by molar-refractivity contribution is 0.0600. The highest BCUT2D eigenvalue weighted by Crippen LogP contribution is 2.25. The number of hydrogen-bond acceptors (Lipinski definition) is 7. The molecule has 4 aromatic rings. The van der Waals surface area contributed by atoms with Crippen LogP contribution < -0.4 is 15.6 Å². The van der Waals surface area contributed by atoms with Crippen LogP contribution in [0.4, 0.5) is 5.69 Å². The van der Waals surface area contributed by atoms with Gasteiger partial charge in [-0.05, 0) is 42.5 Å². The molecule has 0 aliphatic rings. The van der Waals surface area contributed by atoms with Gasteiger partial charge < -0.3 is 23.6 Å². The monoisotopic (exact) mass is 432 g/mol. The van der Waals surface area contributed by atoms with Crippen LogP contribution in [0.3, 0.4) is 0 Å². The van der Waals surface area contributed by atoms with Crippen molar-refractivity contribution >= 4 is 28.5 Å². The van der Waals surface area contributed by atoms with Gasteiger partial charge in [-0.2, -0.15) is 0 Å². The zero-order valence-electron chi connectivity index (χ0n) is 17.5. The third kappa shape index (κ3) is 4.39. The SMILES string of the molecule is COC(=O)c1cccc(N=c2oc3c(OC)cccc3cc2C(=O)NCc2ccco2)c1. The van der Waals surface area contributed by atoms with E-state index in [1.165, 1.54) is 20.5 Å². The summed E-state index contributed by atoms with van der Waals surface area (Å²) in [4.78, 5) is 29.4. The number of esters is 1. The fraction of sp³-hybridized carbons (Fsp3) is 0.125. The topological polar surface area (TPSA) is 103 Å². The Balaban J connectivity index is 1.83. The van der Waals surface area contributed by atoms with Crippen molar-refractivity contribution in [3.05, 3.63) is 89.4 Å². The van der Waals surface area contributed by atoms with Crippen LogP contribution in [0.25, 0.3) is 11.0 Å². The minimum atomic E-state index is -0.490. The first-order chi connectivity index (χ1) is 15.6. The first-order valence-electron chi connectivity index (χ1n) is 9.73. The molecule has 0 spiro atoms. The summed E-state index contributed by atoms with van der Waals surface area (Å²) < 4.78 is 21.4. The summed E-state index contributed by atoms with van der Waals surface area (Å²) in [5.41, 5.74) is 1.49. The second-order valence-electron chi connectivity index (χ2n) is 6.76. The van der Waals surface area contributed by atoms with Gasteiger partial charge >= 0.3 is 5.97 Å². The number of rotatable bonds is 6. The molecule has 0 unspecified atom stereocenters. The second kappa shape index (κ2) is 9.22. The Bertz CT molecular complexity index is 1340. The predicted molar refractivity (Wildman–Crippen MR) is 116 cm³/mol.